The Labute approximate surface area is 121 Å². The van der Waals surface area contributed by atoms with Crippen LogP contribution in [0, 0.1) is 6.92 Å². The van der Waals surface area contributed by atoms with E-state index in [1.165, 1.54) is 42.6 Å². The van der Waals surface area contributed by atoms with Gasteiger partial charge in [0.05, 0.1) is 0 Å². The van der Waals surface area contributed by atoms with Crippen molar-refractivity contribution in [1.82, 2.24) is 9.88 Å². The SMILES string of the molecule is Cc1ncccc1[C@H]1CCCCN1Cc1ccccc1. The average Bonchev–Trinajstić information content (AvgIpc) is 2.50. The summed E-state index contributed by atoms with van der Waals surface area (Å²) in [5.41, 5.74) is 3.99. The number of nitrogens with zero attached hydrogens (tertiary/aromatic N) is 2. The Balaban J connectivity index is 1.83. The number of hydrogen-bond acceptors (Lipinski definition) is 2. The molecule has 1 atom stereocenters. The predicted molar refractivity (Wildman–Crippen MR) is 82.4 cm³/mol. The van der Waals surface area contributed by atoms with Gasteiger partial charge in [-0.05, 0) is 43.5 Å². The van der Waals surface area contributed by atoms with Gasteiger partial charge in [0.25, 0.3) is 0 Å². The second kappa shape index (κ2) is 6.19. The number of pyridine rings is 1. The lowest BCUT2D eigenvalue weighted by atomic mass is 9.94. The fraction of sp³-hybridized carbons (Fsp3) is 0.389. The molecule has 1 aromatic heterocycles. The summed E-state index contributed by atoms with van der Waals surface area (Å²) in [4.78, 5) is 7.08. The maximum absolute atomic E-state index is 4.47. The van der Waals surface area contributed by atoms with Crippen LogP contribution in [-0.2, 0) is 6.54 Å². The fourth-order valence-corrected chi connectivity index (χ4v) is 3.20. The van der Waals surface area contributed by atoms with E-state index in [2.05, 4.69) is 59.3 Å². The van der Waals surface area contributed by atoms with Gasteiger partial charge >= 0.3 is 0 Å². The molecule has 1 aliphatic rings. The second-order valence-corrected chi connectivity index (χ2v) is 5.65. The molecule has 0 bridgehead atoms. The van der Waals surface area contributed by atoms with E-state index in [1.807, 2.05) is 6.20 Å². The van der Waals surface area contributed by atoms with E-state index in [-0.39, 0.29) is 0 Å². The largest absolute Gasteiger partial charge is 0.292 e. The average molecular weight is 266 g/mol. The summed E-state index contributed by atoms with van der Waals surface area (Å²) in [6.45, 7) is 4.36. The number of rotatable bonds is 3. The summed E-state index contributed by atoms with van der Waals surface area (Å²) in [6, 6.07) is 15.6. The molecule has 2 nitrogen and oxygen atoms in total. The third kappa shape index (κ3) is 2.91. The van der Waals surface area contributed by atoms with Gasteiger partial charge in [-0.15, -0.1) is 0 Å². The Bertz CT molecular complexity index is 550. The molecule has 1 fully saturated rings. The van der Waals surface area contributed by atoms with Crippen LogP contribution >= 0.6 is 0 Å². The van der Waals surface area contributed by atoms with E-state index in [4.69, 9.17) is 0 Å². The minimum atomic E-state index is 0.526. The normalized spacial score (nSPS) is 19.9. The Morgan fingerprint density at radius 1 is 1.10 bits per heavy atom. The molecular weight excluding hydrogens is 244 g/mol. The van der Waals surface area contributed by atoms with Crippen LogP contribution in [0.4, 0.5) is 0 Å². The molecule has 1 saturated heterocycles. The topological polar surface area (TPSA) is 16.1 Å². The lowest BCUT2D eigenvalue weighted by Crippen LogP contribution is -2.33. The van der Waals surface area contributed by atoms with E-state index < -0.39 is 0 Å². The molecule has 0 amide bonds. The van der Waals surface area contributed by atoms with Crippen LogP contribution < -0.4 is 0 Å². The van der Waals surface area contributed by atoms with Crippen LogP contribution in [0.15, 0.2) is 48.7 Å². The van der Waals surface area contributed by atoms with Crippen molar-refractivity contribution in [3.05, 3.63) is 65.5 Å². The van der Waals surface area contributed by atoms with Gasteiger partial charge in [0.2, 0.25) is 0 Å². The van der Waals surface area contributed by atoms with Gasteiger partial charge in [-0.25, -0.2) is 0 Å². The van der Waals surface area contributed by atoms with E-state index >= 15 is 0 Å². The Morgan fingerprint density at radius 3 is 2.75 bits per heavy atom. The van der Waals surface area contributed by atoms with Crippen molar-refractivity contribution in [3.8, 4) is 0 Å². The maximum atomic E-state index is 4.47. The standard InChI is InChI=1S/C18H22N2/c1-15-17(10-7-12-19-15)18-11-5-6-13-20(18)14-16-8-3-2-4-9-16/h2-4,7-10,12,18H,5-6,11,13-14H2,1H3/t18-/m1/s1. The highest BCUT2D eigenvalue weighted by Gasteiger charge is 2.25. The molecule has 2 heteroatoms. The number of benzene rings is 1. The molecule has 3 rings (SSSR count). The molecule has 0 saturated carbocycles. The zero-order valence-electron chi connectivity index (χ0n) is 12.1. The van der Waals surface area contributed by atoms with E-state index in [0.29, 0.717) is 6.04 Å². The van der Waals surface area contributed by atoms with E-state index in [9.17, 15) is 0 Å². The summed E-state index contributed by atoms with van der Waals surface area (Å²) in [5.74, 6) is 0. The third-order valence-electron chi connectivity index (χ3n) is 4.25. The minimum absolute atomic E-state index is 0.526. The zero-order chi connectivity index (χ0) is 13.8. The summed E-state index contributed by atoms with van der Waals surface area (Å²) in [6.07, 6.45) is 5.77. The van der Waals surface area contributed by atoms with Crippen LogP contribution in [-0.4, -0.2) is 16.4 Å². The molecule has 0 spiro atoms. The van der Waals surface area contributed by atoms with Crippen molar-refractivity contribution in [3.63, 3.8) is 0 Å². The lowest BCUT2D eigenvalue weighted by molar-refractivity contribution is 0.139. The highest BCUT2D eigenvalue weighted by Crippen LogP contribution is 2.33. The van der Waals surface area contributed by atoms with Crippen LogP contribution in [0.3, 0.4) is 0 Å². The molecule has 1 aliphatic heterocycles. The predicted octanol–water partition coefficient (Wildman–Crippen LogP) is 4.12. The van der Waals surface area contributed by atoms with Crippen LogP contribution in [0.1, 0.15) is 42.1 Å². The molecule has 2 aromatic rings. The van der Waals surface area contributed by atoms with Gasteiger partial charge < -0.3 is 0 Å². The van der Waals surface area contributed by atoms with Gasteiger partial charge in [0.15, 0.2) is 0 Å². The maximum Gasteiger partial charge on any atom is 0.0420 e. The number of aryl methyl sites for hydroxylation is 1. The smallest absolute Gasteiger partial charge is 0.0420 e. The summed E-state index contributed by atoms with van der Waals surface area (Å²) < 4.78 is 0. The highest BCUT2D eigenvalue weighted by molar-refractivity contribution is 5.24. The molecule has 0 aliphatic carbocycles. The van der Waals surface area contributed by atoms with Crippen molar-refractivity contribution < 1.29 is 0 Å². The first-order valence-corrected chi connectivity index (χ1v) is 7.54. The summed E-state index contributed by atoms with van der Waals surface area (Å²) in [5, 5.41) is 0. The van der Waals surface area contributed by atoms with Gasteiger partial charge in [-0.2, -0.15) is 0 Å². The summed E-state index contributed by atoms with van der Waals surface area (Å²) >= 11 is 0. The number of piperidine rings is 1. The van der Waals surface area contributed by atoms with Gasteiger partial charge in [-0.3, -0.25) is 9.88 Å². The van der Waals surface area contributed by atoms with Crippen molar-refractivity contribution >= 4 is 0 Å². The Morgan fingerprint density at radius 2 is 1.95 bits per heavy atom. The van der Waals surface area contributed by atoms with Gasteiger partial charge in [-0.1, -0.05) is 42.8 Å². The van der Waals surface area contributed by atoms with Crippen molar-refractivity contribution in [1.29, 1.82) is 0 Å². The number of hydrogen-bond donors (Lipinski definition) is 0. The first-order valence-electron chi connectivity index (χ1n) is 7.54. The van der Waals surface area contributed by atoms with Crippen LogP contribution in [0.2, 0.25) is 0 Å². The molecule has 1 aromatic carbocycles. The van der Waals surface area contributed by atoms with Crippen molar-refractivity contribution in [2.24, 2.45) is 0 Å². The molecule has 0 N–H and O–H groups in total. The minimum Gasteiger partial charge on any atom is -0.292 e. The third-order valence-corrected chi connectivity index (χ3v) is 4.25. The molecule has 0 unspecified atom stereocenters. The van der Waals surface area contributed by atoms with Crippen LogP contribution in [0.5, 0.6) is 0 Å². The molecule has 2 heterocycles. The van der Waals surface area contributed by atoms with E-state index in [0.717, 1.165) is 6.54 Å². The second-order valence-electron chi connectivity index (χ2n) is 5.65. The quantitative estimate of drug-likeness (QED) is 0.831. The van der Waals surface area contributed by atoms with Crippen LogP contribution in [0.25, 0.3) is 0 Å². The van der Waals surface area contributed by atoms with Gasteiger partial charge in [0.1, 0.15) is 0 Å². The molecule has 20 heavy (non-hydrogen) atoms. The zero-order valence-corrected chi connectivity index (χ0v) is 12.1. The van der Waals surface area contributed by atoms with Gasteiger partial charge in [0, 0.05) is 24.5 Å². The van der Waals surface area contributed by atoms with E-state index in [1.54, 1.807) is 0 Å². The van der Waals surface area contributed by atoms with Crippen molar-refractivity contribution in [2.45, 2.75) is 38.8 Å². The Hall–Kier alpha value is -1.67. The monoisotopic (exact) mass is 266 g/mol. The lowest BCUT2D eigenvalue weighted by Gasteiger charge is -2.36. The van der Waals surface area contributed by atoms with Crippen molar-refractivity contribution in [2.75, 3.05) is 6.54 Å². The summed E-state index contributed by atoms with van der Waals surface area (Å²) in [7, 11) is 0. The molecule has 104 valence electrons. The molecule has 0 radical (unpaired) electrons. The highest BCUT2D eigenvalue weighted by atomic mass is 15.2. The first-order chi connectivity index (χ1) is 9.84. The first kappa shape index (κ1) is 13.3. The fourth-order valence-electron chi connectivity index (χ4n) is 3.20. The number of aromatic nitrogens is 1. The molecular formula is C18H22N2. The Kier molecular flexibility index (Phi) is 4.12. The number of likely N-dealkylation sites (tertiary alicyclic amines) is 1.